The second-order valence-corrected chi connectivity index (χ2v) is 11.5. The number of nitrogens with one attached hydrogen (secondary N) is 1. The number of hydrogen-bond acceptors (Lipinski definition) is 6. The predicted octanol–water partition coefficient (Wildman–Crippen LogP) is 6.00. The van der Waals surface area contributed by atoms with Crippen LogP contribution in [0.4, 0.5) is 0 Å². The topological polar surface area (TPSA) is 108 Å². The molecule has 1 amide bonds. The van der Waals surface area contributed by atoms with Crippen LogP contribution in [0.25, 0.3) is 11.1 Å². The molecular weight excluding hydrogens is 568 g/mol. The van der Waals surface area contributed by atoms with Crippen LogP contribution in [0.2, 0.25) is 0 Å². The van der Waals surface area contributed by atoms with Crippen LogP contribution in [0.5, 0.6) is 0 Å². The second kappa shape index (κ2) is 15.6. The summed E-state index contributed by atoms with van der Waals surface area (Å²) in [6, 6.07) is 34.2. The molecule has 4 aromatic rings. The predicted molar refractivity (Wildman–Crippen MR) is 172 cm³/mol. The number of nitrogens with zero attached hydrogens (tertiary/aromatic N) is 1. The summed E-state index contributed by atoms with van der Waals surface area (Å²) in [6.45, 7) is 1.86. The molecule has 1 saturated heterocycles. The molecule has 0 saturated carbocycles. The van der Waals surface area contributed by atoms with Crippen LogP contribution in [-0.2, 0) is 38.8 Å². The number of aliphatic hydroxyl groups excluding tert-OH is 1. The molecule has 234 valence electrons. The van der Waals surface area contributed by atoms with Crippen molar-refractivity contribution in [3.05, 3.63) is 131 Å². The molecular formula is C37H40N2O6. The maximum atomic E-state index is 12.1. The van der Waals surface area contributed by atoms with Gasteiger partial charge in [0.2, 0.25) is 5.91 Å². The van der Waals surface area contributed by atoms with Gasteiger partial charge in [-0.15, -0.1) is 0 Å². The first-order valence-corrected chi connectivity index (χ1v) is 15.3. The van der Waals surface area contributed by atoms with Gasteiger partial charge < -0.3 is 25.0 Å². The number of carbonyl (C=O) groups is 2. The average molecular weight is 609 g/mol. The first kappa shape index (κ1) is 32.1. The van der Waals surface area contributed by atoms with Crippen LogP contribution in [0.1, 0.15) is 59.5 Å². The lowest BCUT2D eigenvalue weighted by atomic mass is 9.97. The maximum absolute atomic E-state index is 12.1. The van der Waals surface area contributed by atoms with Crippen molar-refractivity contribution in [3.8, 4) is 11.1 Å². The minimum atomic E-state index is -0.993. The van der Waals surface area contributed by atoms with Gasteiger partial charge in [0.25, 0.3) is 0 Å². The van der Waals surface area contributed by atoms with Gasteiger partial charge in [-0.05, 0) is 40.4 Å². The highest BCUT2D eigenvalue weighted by Gasteiger charge is 2.32. The van der Waals surface area contributed by atoms with Gasteiger partial charge in [0.15, 0.2) is 6.29 Å². The number of aliphatic hydroxyl groups is 1. The van der Waals surface area contributed by atoms with E-state index in [0.717, 1.165) is 46.5 Å². The second-order valence-electron chi connectivity index (χ2n) is 11.5. The van der Waals surface area contributed by atoms with Crippen molar-refractivity contribution in [2.75, 3.05) is 13.6 Å². The molecule has 8 heteroatoms. The lowest BCUT2D eigenvalue weighted by Crippen LogP contribution is -2.37. The number of benzene rings is 4. The molecule has 0 radical (unpaired) electrons. The standard InChI is InChI=1S/C37H40N2O6/c1-39(23-26-7-3-2-4-8-26)24-32-21-34(29-13-11-27(25-40)12-14-29)45-37(44-32)30-17-15-28(16-18-30)33-10-6-5-9-31(33)22-38-35(41)19-20-36(42)43/h2-18,32,34,37,40H,19-25H2,1H3,(H,38,41)(H,42,43). The Kier molecular flexibility index (Phi) is 11.1. The van der Waals surface area contributed by atoms with Gasteiger partial charge in [-0.3, -0.25) is 14.5 Å². The third-order valence-corrected chi connectivity index (χ3v) is 7.98. The molecule has 1 aliphatic heterocycles. The number of carbonyl (C=O) groups excluding carboxylic acids is 1. The number of likely N-dealkylation sites (N-methyl/N-ethyl adjacent to an activating group) is 1. The Hall–Kier alpha value is -4.34. The maximum Gasteiger partial charge on any atom is 0.303 e. The van der Waals surface area contributed by atoms with Crippen LogP contribution in [-0.4, -0.2) is 46.7 Å². The van der Waals surface area contributed by atoms with Crippen molar-refractivity contribution < 1.29 is 29.3 Å². The van der Waals surface area contributed by atoms with E-state index in [2.05, 4.69) is 41.5 Å². The summed E-state index contributed by atoms with van der Waals surface area (Å²) in [6.07, 6.45) is -0.337. The van der Waals surface area contributed by atoms with Crippen molar-refractivity contribution in [1.82, 2.24) is 10.2 Å². The van der Waals surface area contributed by atoms with Crippen molar-refractivity contribution in [2.45, 2.75) is 57.5 Å². The Labute approximate surface area is 264 Å². The molecule has 3 N–H and O–H groups in total. The summed E-state index contributed by atoms with van der Waals surface area (Å²) >= 11 is 0. The molecule has 4 aromatic carbocycles. The van der Waals surface area contributed by atoms with E-state index in [1.165, 1.54) is 5.56 Å². The average Bonchev–Trinajstić information content (AvgIpc) is 3.07. The molecule has 1 fully saturated rings. The van der Waals surface area contributed by atoms with E-state index in [4.69, 9.17) is 14.6 Å². The number of aliphatic carboxylic acids is 1. The van der Waals surface area contributed by atoms with E-state index in [1.807, 2.05) is 78.9 Å². The monoisotopic (exact) mass is 608 g/mol. The van der Waals surface area contributed by atoms with E-state index in [-0.39, 0.29) is 37.6 Å². The zero-order valence-corrected chi connectivity index (χ0v) is 25.5. The van der Waals surface area contributed by atoms with Crippen LogP contribution in [0.3, 0.4) is 0 Å². The Balaban J connectivity index is 1.31. The molecule has 0 bridgehead atoms. The quantitative estimate of drug-likeness (QED) is 0.171. The molecule has 45 heavy (non-hydrogen) atoms. The van der Waals surface area contributed by atoms with E-state index in [0.29, 0.717) is 13.0 Å². The fourth-order valence-electron chi connectivity index (χ4n) is 5.62. The normalized spacial score (nSPS) is 18.1. The highest BCUT2D eigenvalue weighted by molar-refractivity contribution is 5.80. The third kappa shape index (κ3) is 9.09. The molecule has 1 aliphatic rings. The van der Waals surface area contributed by atoms with Crippen molar-refractivity contribution >= 4 is 11.9 Å². The van der Waals surface area contributed by atoms with E-state index >= 15 is 0 Å². The summed E-state index contributed by atoms with van der Waals surface area (Å²) in [5.74, 6) is -1.29. The molecule has 1 heterocycles. The molecule has 3 unspecified atom stereocenters. The Morgan fingerprint density at radius 1 is 0.822 bits per heavy atom. The minimum absolute atomic E-state index is 0.00296. The highest BCUT2D eigenvalue weighted by atomic mass is 16.7. The zero-order valence-electron chi connectivity index (χ0n) is 25.5. The number of carboxylic acids is 1. The summed E-state index contributed by atoms with van der Waals surface area (Å²) in [5.41, 5.74) is 6.97. The number of rotatable bonds is 13. The first-order chi connectivity index (χ1) is 21.9. The largest absolute Gasteiger partial charge is 0.481 e. The summed E-state index contributed by atoms with van der Waals surface area (Å²) in [4.78, 5) is 25.2. The number of carboxylic acid groups (broad SMARTS) is 1. The van der Waals surface area contributed by atoms with Crippen LogP contribution < -0.4 is 5.32 Å². The molecule has 0 aromatic heterocycles. The van der Waals surface area contributed by atoms with E-state index in [1.54, 1.807) is 0 Å². The van der Waals surface area contributed by atoms with Gasteiger partial charge >= 0.3 is 5.97 Å². The zero-order chi connectivity index (χ0) is 31.6. The summed E-state index contributed by atoms with van der Waals surface area (Å²) < 4.78 is 13.1. The Bertz CT molecular complexity index is 1540. The van der Waals surface area contributed by atoms with Gasteiger partial charge in [0.1, 0.15) is 0 Å². The third-order valence-electron chi connectivity index (χ3n) is 7.98. The Morgan fingerprint density at radius 3 is 2.22 bits per heavy atom. The number of amides is 1. The molecule has 5 rings (SSSR count). The smallest absolute Gasteiger partial charge is 0.303 e. The number of ether oxygens (including phenoxy) is 2. The van der Waals surface area contributed by atoms with Crippen molar-refractivity contribution in [2.24, 2.45) is 0 Å². The highest BCUT2D eigenvalue weighted by Crippen LogP contribution is 2.39. The van der Waals surface area contributed by atoms with E-state index < -0.39 is 12.3 Å². The summed E-state index contributed by atoms with van der Waals surface area (Å²) in [7, 11) is 2.10. The minimum Gasteiger partial charge on any atom is -0.481 e. The first-order valence-electron chi connectivity index (χ1n) is 15.3. The molecule has 0 aliphatic carbocycles. The van der Waals surface area contributed by atoms with Gasteiger partial charge in [-0.1, -0.05) is 103 Å². The van der Waals surface area contributed by atoms with Crippen molar-refractivity contribution in [3.63, 3.8) is 0 Å². The van der Waals surface area contributed by atoms with Crippen molar-refractivity contribution in [1.29, 1.82) is 0 Å². The van der Waals surface area contributed by atoms with Crippen LogP contribution in [0.15, 0.2) is 103 Å². The van der Waals surface area contributed by atoms with Gasteiger partial charge in [0, 0.05) is 38.0 Å². The lowest BCUT2D eigenvalue weighted by molar-refractivity contribution is -0.252. The molecule has 0 spiro atoms. The molecule has 8 nitrogen and oxygen atoms in total. The van der Waals surface area contributed by atoms with E-state index in [9.17, 15) is 14.7 Å². The SMILES string of the molecule is CN(Cc1ccccc1)CC1CC(c2ccc(CO)cc2)OC(c2ccc(-c3ccccc3CNC(=O)CCC(=O)O)cc2)O1. The van der Waals surface area contributed by atoms with Gasteiger partial charge in [0.05, 0.1) is 25.2 Å². The Morgan fingerprint density at radius 2 is 1.51 bits per heavy atom. The summed E-state index contributed by atoms with van der Waals surface area (Å²) in [5, 5.41) is 21.2. The van der Waals surface area contributed by atoms with Crippen LogP contribution >= 0.6 is 0 Å². The van der Waals surface area contributed by atoms with Gasteiger partial charge in [-0.25, -0.2) is 0 Å². The number of hydrogen-bond donors (Lipinski definition) is 3. The fourth-order valence-corrected chi connectivity index (χ4v) is 5.62. The molecule has 3 atom stereocenters. The lowest BCUT2D eigenvalue weighted by Gasteiger charge is -2.38. The van der Waals surface area contributed by atoms with Gasteiger partial charge in [-0.2, -0.15) is 0 Å². The van der Waals surface area contributed by atoms with Crippen LogP contribution in [0, 0.1) is 0 Å². The fraction of sp³-hybridized carbons (Fsp3) is 0.297.